The molecule has 130 valence electrons. The summed E-state index contributed by atoms with van der Waals surface area (Å²) in [6, 6.07) is 5.39. The Morgan fingerprint density at radius 1 is 1.33 bits per heavy atom. The molecule has 3 aliphatic carbocycles. The number of rotatable bonds is 1. The Labute approximate surface area is 143 Å². The summed E-state index contributed by atoms with van der Waals surface area (Å²) in [5.41, 5.74) is 3.05. The van der Waals surface area contributed by atoms with Crippen LogP contribution in [0.2, 0.25) is 0 Å². The van der Waals surface area contributed by atoms with E-state index < -0.39 is 12.3 Å². The summed E-state index contributed by atoms with van der Waals surface area (Å²) in [7, 11) is 0. The topological polar surface area (TPSA) is 40.5 Å². The number of aliphatic hydroxyl groups is 1. The van der Waals surface area contributed by atoms with Gasteiger partial charge in [-0.3, -0.25) is 0 Å². The van der Waals surface area contributed by atoms with Gasteiger partial charge in [0, 0.05) is 11.8 Å². The molecular formula is C21H27FO2. The molecule has 1 aromatic rings. The number of aryl methyl sites for hydroxylation is 1. The Hall–Kier alpha value is -1.35. The maximum Gasteiger partial charge on any atom is 0.115 e. The highest BCUT2D eigenvalue weighted by molar-refractivity contribution is 5.41. The molecule has 4 rings (SSSR count). The van der Waals surface area contributed by atoms with Crippen molar-refractivity contribution >= 4 is 0 Å². The smallest absolute Gasteiger partial charge is 0.115 e. The van der Waals surface area contributed by atoms with Gasteiger partial charge in [-0.15, -0.1) is 0 Å². The number of phenols is 1. The fourth-order valence-corrected chi connectivity index (χ4v) is 6.36. The van der Waals surface area contributed by atoms with Gasteiger partial charge in [-0.1, -0.05) is 25.1 Å². The first kappa shape index (κ1) is 16.1. The van der Waals surface area contributed by atoms with Crippen molar-refractivity contribution in [3.8, 4) is 5.75 Å². The van der Waals surface area contributed by atoms with Gasteiger partial charge in [0.1, 0.15) is 11.9 Å². The average molecular weight is 330 g/mol. The van der Waals surface area contributed by atoms with Crippen molar-refractivity contribution in [3.05, 3.63) is 41.5 Å². The molecule has 2 fully saturated rings. The number of benzene rings is 1. The van der Waals surface area contributed by atoms with E-state index in [9.17, 15) is 10.2 Å². The van der Waals surface area contributed by atoms with Crippen LogP contribution in [0.15, 0.2) is 30.4 Å². The molecule has 24 heavy (non-hydrogen) atoms. The quantitative estimate of drug-likeness (QED) is 0.751. The fourth-order valence-electron chi connectivity index (χ4n) is 6.36. The first-order valence-corrected chi connectivity index (χ1v) is 9.11. The molecule has 3 aliphatic rings. The molecule has 0 aromatic heterocycles. The number of hydrogen-bond acceptors (Lipinski definition) is 2. The zero-order valence-corrected chi connectivity index (χ0v) is 14.5. The lowest BCUT2D eigenvalue weighted by Gasteiger charge is -2.52. The van der Waals surface area contributed by atoms with Gasteiger partial charge in [0.05, 0.1) is 6.10 Å². The molecule has 0 heterocycles. The van der Waals surface area contributed by atoms with Gasteiger partial charge in [-0.05, 0) is 73.1 Å². The third-order valence-electron chi connectivity index (χ3n) is 7.06. The Balaban J connectivity index is 1.79. The molecule has 1 aromatic carbocycles. The van der Waals surface area contributed by atoms with E-state index in [1.54, 1.807) is 12.1 Å². The van der Waals surface area contributed by atoms with Gasteiger partial charge >= 0.3 is 0 Å². The Bertz CT molecular complexity index is 684. The summed E-state index contributed by atoms with van der Waals surface area (Å²) in [5, 5.41) is 20.4. The first-order valence-electron chi connectivity index (χ1n) is 9.11. The molecule has 0 aliphatic heterocycles. The van der Waals surface area contributed by atoms with Gasteiger partial charge in [-0.2, -0.15) is 0 Å². The third-order valence-corrected chi connectivity index (χ3v) is 7.06. The maximum absolute atomic E-state index is 15.3. The monoisotopic (exact) mass is 330 g/mol. The van der Waals surface area contributed by atoms with E-state index in [0.29, 0.717) is 18.8 Å². The second-order valence-electron chi connectivity index (χ2n) is 8.65. The predicted molar refractivity (Wildman–Crippen MR) is 92.7 cm³/mol. The minimum absolute atomic E-state index is 0.0775. The summed E-state index contributed by atoms with van der Waals surface area (Å²) in [5.74, 6) is 0.770. The van der Waals surface area contributed by atoms with Crippen LogP contribution in [0, 0.1) is 23.2 Å². The molecule has 3 heteroatoms. The molecule has 0 saturated heterocycles. The van der Waals surface area contributed by atoms with E-state index in [4.69, 9.17) is 0 Å². The Morgan fingerprint density at radius 2 is 2.08 bits per heavy atom. The van der Waals surface area contributed by atoms with Crippen LogP contribution in [0.1, 0.15) is 50.2 Å². The summed E-state index contributed by atoms with van der Waals surface area (Å²) in [6.45, 7) is 8.31. The second-order valence-corrected chi connectivity index (χ2v) is 8.65. The van der Waals surface area contributed by atoms with E-state index in [2.05, 4.69) is 13.5 Å². The van der Waals surface area contributed by atoms with Crippen LogP contribution in [0.4, 0.5) is 4.39 Å². The van der Waals surface area contributed by atoms with Crippen molar-refractivity contribution in [2.75, 3.05) is 0 Å². The van der Waals surface area contributed by atoms with Gasteiger partial charge in [0.25, 0.3) is 0 Å². The van der Waals surface area contributed by atoms with Crippen LogP contribution >= 0.6 is 0 Å². The van der Waals surface area contributed by atoms with Crippen molar-refractivity contribution in [2.24, 2.45) is 23.2 Å². The van der Waals surface area contributed by atoms with Crippen LogP contribution in [0.25, 0.3) is 0 Å². The summed E-state index contributed by atoms with van der Waals surface area (Å²) in [4.78, 5) is 0. The van der Waals surface area contributed by atoms with E-state index in [0.717, 1.165) is 29.5 Å². The summed E-state index contributed by atoms with van der Waals surface area (Å²) in [6.07, 6.45) is 1.73. The zero-order chi connectivity index (χ0) is 17.2. The van der Waals surface area contributed by atoms with Crippen LogP contribution in [-0.2, 0) is 6.42 Å². The molecule has 0 amide bonds. The minimum Gasteiger partial charge on any atom is -0.508 e. The largest absolute Gasteiger partial charge is 0.508 e. The number of halogens is 1. The predicted octanol–water partition coefficient (Wildman–Crippen LogP) is 4.36. The van der Waals surface area contributed by atoms with E-state index in [1.807, 2.05) is 13.0 Å². The highest BCUT2D eigenvalue weighted by atomic mass is 19.1. The Kier molecular flexibility index (Phi) is 3.58. The molecule has 0 unspecified atom stereocenters. The fraction of sp³-hybridized carbons (Fsp3) is 0.619. The number of alkyl halides is 1. The number of aliphatic hydroxyl groups excluding tert-OH is 1. The number of aromatic hydroxyl groups is 1. The van der Waals surface area contributed by atoms with Crippen molar-refractivity contribution in [1.29, 1.82) is 0 Å². The van der Waals surface area contributed by atoms with Crippen LogP contribution < -0.4 is 0 Å². The van der Waals surface area contributed by atoms with Gasteiger partial charge in [0.2, 0.25) is 0 Å². The van der Waals surface area contributed by atoms with Crippen LogP contribution in [-0.4, -0.2) is 22.5 Å². The molecule has 2 nitrogen and oxygen atoms in total. The second kappa shape index (κ2) is 5.32. The van der Waals surface area contributed by atoms with Gasteiger partial charge in [0.15, 0.2) is 0 Å². The van der Waals surface area contributed by atoms with Crippen molar-refractivity contribution in [2.45, 2.75) is 57.7 Å². The highest BCUT2D eigenvalue weighted by Crippen LogP contribution is 2.64. The van der Waals surface area contributed by atoms with Crippen molar-refractivity contribution in [3.63, 3.8) is 0 Å². The number of phenolic OH excluding ortho intramolecular Hbond substituents is 1. The molecule has 0 bridgehead atoms. The number of hydrogen-bond donors (Lipinski definition) is 2. The lowest BCUT2D eigenvalue weighted by atomic mass is 9.53. The zero-order valence-electron chi connectivity index (χ0n) is 14.5. The molecule has 2 saturated carbocycles. The first-order chi connectivity index (χ1) is 11.3. The van der Waals surface area contributed by atoms with E-state index in [1.165, 1.54) is 0 Å². The maximum atomic E-state index is 15.3. The number of fused-ring (bicyclic) bond motifs is 5. The summed E-state index contributed by atoms with van der Waals surface area (Å²) < 4.78 is 15.3. The van der Waals surface area contributed by atoms with Gasteiger partial charge < -0.3 is 10.2 Å². The van der Waals surface area contributed by atoms with Gasteiger partial charge in [-0.25, -0.2) is 4.39 Å². The standard InChI is InChI=1S/C21H27FO2/c1-11(2)18-17(24)10-21(3)9-16(22)19-14-7-5-13(23)8-12(14)4-6-15(19)20(18)21/h5,7-8,15-20,23-24H,1,4,6,9-10H2,2-3H3/t15-,16+,17-,18+,19-,20-,21-/m1/s1. The molecular weight excluding hydrogens is 303 g/mol. The average Bonchev–Trinajstić information content (AvgIpc) is 2.76. The lowest BCUT2D eigenvalue weighted by molar-refractivity contribution is -0.0112. The third kappa shape index (κ3) is 2.17. The molecule has 2 N–H and O–H groups in total. The molecule has 0 radical (unpaired) electrons. The SMILES string of the molecule is C=C(C)[C@@H]1[C@H]2[C@@H]3CCc4cc(O)ccc4[C@H]3[C@@H](F)C[C@]2(C)C[C@H]1O. The van der Waals surface area contributed by atoms with E-state index >= 15 is 4.39 Å². The normalized spacial score (nSPS) is 43.7. The Morgan fingerprint density at radius 3 is 2.79 bits per heavy atom. The highest BCUT2D eigenvalue weighted by Gasteiger charge is 2.60. The van der Waals surface area contributed by atoms with E-state index in [-0.39, 0.29) is 28.9 Å². The van der Waals surface area contributed by atoms with Crippen molar-refractivity contribution in [1.82, 2.24) is 0 Å². The molecule has 7 atom stereocenters. The minimum atomic E-state index is -0.879. The molecule has 0 spiro atoms. The van der Waals surface area contributed by atoms with Crippen molar-refractivity contribution < 1.29 is 14.6 Å². The lowest BCUT2D eigenvalue weighted by Crippen LogP contribution is -2.47. The van der Waals surface area contributed by atoms with Crippen LogP contribution in [0.3, 0.4) is 0 Å². The van der Waals surface area contributed by atoms with Crippen LogP contribution in [0.5, 0.6) is 5.75 Å². The summed E-state index contributed by atoms with van der Waals surface area (Å²) >= 11 is 0.